The van der Waals surface area contributed by atoms with Crippen LogP contribution in [0.5, 0.6) is 5.75 Å². The number of nitrogens with zero attached hydrogens (tertiary/aromatic N) is 1. The summed E-state index contributed by atoms with van der Waals surface area (Å²) in [7, 11) is 0. The van der Waals surface area contributed by atoms with Crippen LogP contribution in [0.15, 0.2) is 42.7 Å². The van der Waals surface area contributed by atoms with Gasteiger partial charge in [-0.2, -0.15) is 0 Å². The Hall–Kier alpha value is -1.78. The molecule has 0 unspecified atom stereocenters. The van der Waals surface area contributed by atoms with Gasteiger partial charge in [0.25, 0.3) is 5.91 Å². The van der Waals surface area contributed by atoms with Gasteiger partial charge in [-0.1, -0.05) is 17.7 Å². The standard InChI is InChI=1S/C16H17ClN2O2.ClH/c1-2-21-15-6-5-12(10-14(15)17)7-9-19-16(20)13-4-3-8-18-11-13;/h3-6,8,10-11H,2,7,9H2,1H3,(H,19,20);1H. The summed E-state index contributed by atoms with van der Waals surface area (Å²) < 4.78 is 5.38. The lowest BCUT2D eigenvalue weighted by atomic mass is 10.1. The molecule has 0 atom stereocenters. The molecule has 118 valence electrons. The SMILES string of the molecule is CCOc1ccc(CCNC(=O)c2cccnc2)cc1Cl.Cl. The van der Waals surface area contributed by atoms with E-state index in [1.165, 1.54) is 0 Å². The molecule has 0 saturated carbocycles. The number of carbonyl (C=O) groups excluding carboxylic acids is 1. The highest BCUT2D eigenvalue weighted by atomic mass is 35.5. The highest BCUT2D eigenvalue weighted by Gasteiger charge is 2.05. The number of nitrogens with one attached hydrogen (secondary N) is 1. The second kappa shape index (κ2) is 9.28. The number of benzene rings is 1. The number of pyridine rings is 1. The van der Waals surface area contributed by atoms with Gasteiger partial charge < -0.3 is 10.1 Å². The van der Waals surface area contributed by atoms with E-state index in [4.69, 9.17) is 16.3 Å². The minimum Gasteiger partial charge on any atom is -0.492 e. The summed E-state index contributed by atoms with van der Waals surface area (Å²) in [6.07, 6.45) is 3.89. The van der Waals surface area contributed by atoms with Crippen LogP contribution in [0.3, 0.4) is 0 Å². The van der Waals surface area contributed by atoms with Gasteiger partial charge in [-0.25, -0.2) is 0 Å². The molecule has 0 spiro atoms. The molecular formula is C16H18Cl2N2O2. The number of carbonyl (C=O) groups is 1. The molecule has 0 saturated heterocycles. The molecule has 2 aromatic rings. The van der Waals surface area contributed by atoms with Crippen LogP contribution in [0, 0.1) is 0 Å². The third kappa shape index (κ3) is 5.20. The van der Waals surface area contributed by atoms with Gasteiger partial charge in [0.15, 0.2) is 0 Å². The summed E-state index contributed by atoms with van der Waals surface area (Å²) in [6.45, 7) is 3.04. The van der Waals surface area contributed by atoms with E-state index in [1.807, 2.05) is 25.1 Å². The molecule has 1 N–H and O–H groups in total. The smallest absolute Gasteiger partial charge is 0.252 e. The predicted molar refractivity (Wildman–Crippen MR) is 90.1 cm³/mol. The molecule has 0 aliphatic carbocycles. The van der Waals surface area contributed by atoms with E-state index < -0.39 is 0 Å². The second-order valence-corrected chi connectivity index (χ2v) is 4.85. The van der Waals surface area contributed by atoms with Gasteiger partial charge in [0.05, 0.1) is 17.2 Å². The van der Waals surface area contributed by atoms with Crippen molar-refractivity contribution < 1.29 is 9.53 Å². The molecule has 22 heavy (non-hydrogen) atoms. The molecular weight excluding hydrogens is 323 g/mol. The minimum atomic E-state index is -0.125. The Morgan fingerprint density at radius 2 is 2.18 bits per heavy atom. The monoisotopic (exact) mass is 340 g/mol. The van der Waals surface area contributed by atoms with Crippen molar-refractivity contribution in [2.45, 2.75) is 13.3 Å². The highest BCUT2D eigenvalue weighted by molar-refractivity contribution is 6.32. The Balaban J connectivity index is 0.00000242. The molecule has 4 nitrogen and oxygen atoms in total. The maximum atomic E-state index is 11.8. The van der Waals surface area contributed by atoms with Crippen LogP contribution in [0.4, 0.5) is 0 Å². The molecule has 0 aliphatic heterocycles. The van der Waals surface area contributed by atoms with Gasteiger partial charge in [-0.3, -0.25) is 9.78 Å². The molecule has 1 heterocycles. The van der Waals surface area contributed by atoms with Crippen molar-refractivity contribution in [1.29, 1.82) is 0 Å². The van der Waals surface area contributed by atoms with E-state index >= 15 is 0 Å². The van der Waals surface area contributed by atoms with Gasteiger partial charge >= 0.3 is 0 Å². The number of rotatable bonds is 6. The Labute approximate surface area is 141 Å². The summed E-state index contributed by atoms with van der Waals surface area (Å²) in [5, 5.41) is 3.44. The lowest BCUT2D eigenvalue weighted by Gasteiger charge is -2.08. The van der Waals surface area contributed by atoms with Crippen molar-refractivity contribution in [2.75, 3.05) is 13.2 Å². The van der Waals surface area contributed by atoms with Gasteiger partial charge in [-0.05, 0) is 43.2 Å². The highest BCUT2D eigenvalue weighted by Crippen LogP contribution is 2.25. The number of ether oxygens (including phenoxy) is 1. The Bertz CT molecular complexity index is 606. The summed E-state index contributed by atoms with van der Waals surface area (Å²) >= 11 is 6.12. The third-order valence-electron chi connectivity index (χ3n) is 2.92. The third-order valence-corrected chi connectivity index (χ3v) is 3.21. The average Bonchev–Trinajstić information content (AvgIpc) is 2.51. The van der Waals surface area contributed by atoms with Crippen LogP contribution >= 0.6 is 24.0 Å². The van der Waals surface area contributed by atoms with Crippen molar-refractivity contribution >= 4 is 29.9 Å². The zero-order valence-corrected chi connectivity index (χ0v) is 13.8. The first-order valence-corrected chi connectivity index (χ1v) is 7.18. The normalized spacial score (nSPS) is 9.73. The van der Waals surface area contributed by atoms with E-state index in [1.54, 1.807) is 24.5 Å². The lowest BCUT2D eigenvalue weighted by Crippen LogP contribution is -2.25. The molecule has 1 amide bonds. The van der Waals surface area contributed by atoms with Gasteiger partial charge in [0.2, 0.25) is 0 Å². The maximum Gasteiger partial charge on any atom is 0.252 e. The molecule has 0 fully saturated rings. The maximum absolute atomic E-state index is 11.8. The van der Waals surface area contributed by atoms with Crippen molar-refractivity contribution in [2.24, 2.45) is 0 Å². The van der Waals surface area contributed by atoms with Crippen molar-refractivity contribution in [3.63, 3.8) is 0 Å². The molecule has 0 aliphatic rings. The fourth-order valence-corrected chi connectivity index (χ4v) is 2.15. The van der Waals surface area contributed by atoms with Crippen LogP contribution in [0.2, 0.25) is 5.02 Å². The van der Waals surface area contributed by atoms with Crippen molar-refractivity contribution in [3.8, 4) is 5.75 Å². The molecule has 1 aromatic heterocycles. The van der Waals surface area contributed by atoms with Crippen LogP contribution < -0.4 is 10.1 Å². The number of amides is 1. The van der Waals surface area contributed by atoms with Crippen molar-refractivity contribution in [1.82, 2.24) is 10.3 Å². The van der Waals surface area contributed by atoms with Crippen LogP contribution in [0.1, 0.15) is 22.8 Å². The van der Waals surface area contributed by atoms with E-state index in [2.05, 4.69) is 10.3 Å². The zero-order chi connectivity index (χ0) is 15.1. The van der Waals surface area contributed by atoms with E-state index in [0.717, 1.165) is 5.56 Å². The summed E-state index contributed by atoms with van der Waals surface area (Å²) in [6, 6.07) is 9.14. The van der Waals surface area contributed by atoms with Gasteiger partial charge in [0.1, 0.15) is 5.75 Å². The molecule has 1 aromatic carbocycles. The first-order valence-electron chi connectivity index (χ1n) is 6.80. The summed E-state index contributed by atoms with van der Waals surface area (Å²) in [5.41, 5.74) is 1.61. The molecule has 6 heteroatoms. The minimum absolute atomic E-state index is 0. The zero-order valence-electron chi connectivity index (χ0n) is 12.2. The van der Waals surface area contributed by atoms with E-state index in [-0.39, 0.29) is 18.3 Å². The first kappa shape index (κ1) is 18.3. The molecule has 2 rings (SSSR count). The topological polar surface area (TPSA) is 51.2 Å². The largest absolute Gasteiger partial charge is 0.492 e. The van der Waals surface area contributed by atoms with Gasteiger partial charge in [-0.15, -0.1) is 12.4 Å². The number of aromatic nitrogens is 1. The Kier molecular flexibility index (Phi) is 7.71. The number of hydrogen-bond acceptors (Lipinski definition) is 3. The van der Waals surface area contributed by atoms with Crippen LogP contribution in [0.25, 0.3) is 0 Å². The predicted octanol–water partition coefficient (Wildman–Crippen LogP) is 3.53. The Morgan fingerprint density at radius 3 is 2.82 bits per heavy atom. The average molecular weight is 341 g/mol. The summed E-state index contributed by atoms with van der Waals surface area (Å²) in [5.74, 6) is 0.558. The quantitative estimate of drug-likeness (QED) is 0.875. The number of hydrogen-bond donors (Lipinski definition) is 1. The first-order chi connectivity index (χ1) is 10.2. The second-order valence-electron chi connectivity index (χ2n) is 4.45. The van der Waals surface area contributed by atoms with Crippen molar-refractivity contribution in [3.05, 3.63) is 58.9 Å². The van der Waals surface area contributed by atoms with Crippen LogP contribution in [-0.2, 0) is 6.42 Å². The lowest BCUT2D eigenvalue weighted by molar-refractivity contribution is 0.0954. The fourth-order valence-electron chi connectivity index (χ4n) is 1.89. The number of halogens is 2. The molecule has 0 radical (unpaired) electrons. The Morgan fingerprint density at radius 1 is 1.36 bits per heavy atom. The van der Waals surface area contributed by atoms with Gasteiger partial charge in [0, 0.05) is 18.9 Å². The summed E-state index contributed by atoms with van der Waals surface area (Å²) in [4.78, 5) is 15.8. The van der Waals surface area contributed by atoms with E-state index in [9.17, 15) is 4.79 Å². The van der Waals surface area contributed by atoms with Crippen LogP contribution in [-0.4, -0.2) is 24.0 Å². The molecule has 0 bridgehead atoms. The van der Waals surface area contributed by atoms with E-state index in [0.29, 0.717) is 35.9 Å². The fraction of sp³-hybridized carbons (Fsp3) is 0.250.